The highest BCUT2D eigenvalue weighted by molar-refractivity contribution is 7.92. The minimum Gasteiger partial charge on any atom is -0.378 e. The smallest absolute Gasteiger partial charge is 0.270 e. The van der Waals surface area contributed by atoms with Crippen molar-refractivity contribution in [1.29, 1.82) is 0 Å². The Bertz CT molecular complexity index is 986. The number of nitrogens with zero attached hydrogens (tertiary/aromatic N) is 3. The Morgan fingerprint density at radius 2 is 1.81 bits per heavy atom. The zero-order valence-electron chi connectivity index (χ0n) is 14.6. The van der Waals surface area contributed by atoms with Crippen LogP contribution in [-0.2, 0) is 21.2 Å². The van der Waals surface area contributed by atoms with Crippen LogP contribution in [0.1, 0.15) is 5.56 Å². The average Bonchev–Trinajstić information content (AvgIpc) is 3.13. The third kappa shape index (κ3) is 3.24. The monoisotopic (exact) mass is 389 g/mol. The molecule has 0 aromatic heterocycles. The maximum atomic E-state index is 13.1. The van der Waals surface area contributed by atoms with Crippen LogP contribution < -0.4 is 9.21 Å². The van der Waals surface area contributed by atoms with Gasteiger partial charge in [-0.25, -0.2) is 8.42 Å². The summed E-state index contributed by atoms with van der Waals surface area (Å²) in [6.07, 6.45) is 0.618. The molecule has 142 valence electrons. The lowest BCUT2D eigenvalue weighted by atomic mass is 10.1. The summed E-state index contributed by atoms with van der Waals surface area (Å²) >= 11 is 0. The highest BCUT2D eigenvalue weighted by Gasteiger charge is 2.32. The maximum absolute atomic E-state index is 13.1. The van der Waals surface area contributed by atoms with Crippen LogP contribution in [0.5, 0.6) is 0 Å². The van der Waals surface area contributed by atoms with Crippen molar-refractivity contribution in [2.45, 2.75) is 11.3 Å². The number of rotatable bonds is 4. The van der Waals surface area contributed by atoms with Gasteiger partial charge in [-0.05, 0) is 30.2 Å². The van der Waals surface area contributed by atoms with E-state index in [9.17, 15) is 18.5 Å². The summed E-state index contributed by atoms with van der Waals surface area (Å²) < 4.78 is 33.0. The van der Waals surface area contributed by atoms with Crippen molar-refractivity contribution in [2.24, 2.45) is 0 Å². The van der Waals surface area contributed by atoms with Crippen molar-refractivity contribution < 1.29 is 18.1 Å². The number of nitro groups is 1. The summed E-state index contributed by atoms with van der Waals surface area (Å²) in [6, 6.07) is 11.0. The normalized spacial score (nSPS) is 17.0. The second kappa shape index (κ2) is 6.82. The number of sulfonamides is 1. The number of anilines is 2. The van der Waals surface area contributed by atoms with Crippen molar-refractivity contribution in [2.75, 3.05) is 42.1 Å². The van der Waals surface area contributed by atoms with E-state index in [1.54, 1.807) is 0 Å². The molecule has 2 aromatic rings. The molecule has 0 amide bonds. The molecule has 27 heavy (non-hydrogen) atoms. The first-order chi connectivity index (χ1) is 13.0. The Labute approximate surface area is 157 Å². The molecule has 9 heteroatoms. The predicted octanol–water partition coefficient (Wildman–Crippen LogP) is 2.18. The number of hydrogen-bond acceptors (Lipinski definition) is 6. The summed E-state index contributed by atoms with van der Waals surface area (Å²) in [5.41, 5.74) is 2.32. The standard InChI is InChI=1S/C18H19N3O5S/c22-21(23)16-2-1-3-17(12-16)27(24,25)20-7-6-14-4-5-15(13-18(14)20)19-8-10-26-11-9-19/h1-5,12-13H,6-11H2. The summed E-state index contributed by atoms with van der Waals surface area (Å²) in [7, 11) is -3.87. The van der Waals surface area contributed by atoms with Crippen molar-refractivity contribution >= 4 is 27.1 Å². The van der Waals surface area contributed by atoms with Gasteiger partial charge in [0.1, 0.15) is 0 Å². The van der Waals surface area contributed by atoms with Crippen molar-refractivity contribution in [3.63, 3.8) is 0 Å². The lowest BCUT2D eigenvalue weighted by Crippen LogP contribution is -2.36. The van der Waals surface area contributed by atoms with Gasteiger partial charge >= 0.3 is 0 Å². The van der Waals surface area contributed by atoms with Crippen LogP contribution in [0.25, 0.3) is 0 Å². The summed E-state index contributed by atoms with van der Waals surface area (Å²) in [4.78, 5) is 12.5. The molecule has 0 radical (unpaired) electrons. The van der Waals surface area contributed by atoms with Crippen molar-refractivity contribution in [3.05, 3.63) is 58.1 Å². The number of benzene rings is 2. The number of fused-ring (bicyclic) bond motifs is 1. The fraction of sp³-hybridized carbons (Fsp3) is 0.333. The molecule has 0 aliphatic carbocycles. The third-order valence-electron chi connectivity index (χ3n) is 4.91. The van der Waals surface area contributed by atoms with E-state index in [1.165, 1.54) is 22.5 Å². The van der Waals surface area contributed by atoms with E-state index in [0.717, 1.165) is 30.4 Å². The molecular formula is C18H19N3O5S. The summed E-state index contributed by atoms with van der Waals surface area (Å²) in [5.74, 6) is 0. The van der Waals surface area contributed by atoms with Gasteiger partial charge in [-0.1, -0.05) is 12.1 Å². The van der Waals surface area contributed by atoms with Crippen LogP contribution in [0.3, 0.4) is 0 Å². The van der Waals surface area contributed by atoms with E-state index in [1.807, 2.05) is 18.2 Å². The molecule has 4 rings (SSSR count). The van der Waals surface area contributed by atoms with E-state index in [-0.39, 0.29) is 10.6 Å². The molecule has 0 N–H and O–H groups in total. The lowest BCUT2D eigenvalue weighted by molar-refractivity contribution is -0.385. The first-order valence-corrected chi connectivity index (χ1v) is 10.1. The number of non-ortho nitro benzene ring substituents is 1. The topological polar surface area (TPSA) is 93.0 Å². The van der Waals surface area contributed by atoms with Crippen LogP contribution >= 0.6 is 0 Å². The summed E-state index contributed by atoms with van der Waals surface area (Å²) in [6.45, 7) is 3.14. The molecule has 0 atom stereocenters. The lowest BCUT2D eigenvalue weighted by Gasteiger charge is -2.30. The second-order valence-electron chi connectivity index (χ2n) is 6.49. The Morgan fingerprint density at radius 3 is 2.56 bits per heavy atom. The van der Waals surface area contributed by atoms with E-state index in [0.29, 0.717) is 31.9 Å². The SMILES string of the molecule is O=[N+]([O-])c1cccc(S(=O)(=O)N2CCc3ccc(N4CCOCC4)cc32)c1. The first-order valence-electron chi connectivity index (χ1n) is 8.69. The second-order valence-corrected chi connectivity index (χ2v) is 8.36. The quantitative estimate of drug-likeness (QED) is 0.588. The first kappa shape index (κ1) is 17.7. The molecular weight excluding hydrogens is 370 g/mol. The Morgan fingerprint density at radius 1 is 1.04 bits per heavy atom. The Kier molecular flexibility index (Phi) is 4.48. The van der Waals surface area contributed by atoms with Gasteiger partial charge in [-0.15, -0.1) is 0 Å². The van der Waals surface area contributed by atoms with Crippen LogP contribution in [0.15, 0.2) is 47.4 Å². The highest BCUT2D eigenvalue weighted by Crippen LogP contribution is 2.36. The zero-order valence-corrected chi connectivity index (χ0v) is 15.4. The average molecular weight is 389 g/mol. The molecule has 0 saturated carbocycles. The molecule has 0 spiro atoms. The van der Waals surface area contributed by atoms with Gasteiger partial charge in [0, 0.05) is 37.5 Å². The largest absolute Gasteiger partial charge is 0.378 e. The molecule has 2 aromatic carbocycles. The van der Waals surface area contributed by atoms with Gasteiger partial charge in [0.25, 0.3) is 15.7 Å². The molecule has 0 unspecified atom stereocenters. The minimum absolute atomic E-state index is 0.0682. The van der Waals surface area contributed by atoms with Gasteiger partial charge in [0.2, 0.25) is 0 Å². The van der Waals surface area contributed by atoms with Gasteiger partial charge in [-0.2, -0.15) is 0 Å². The predicted molar refractivity (Wildman–Crippen MR) is 101 cm³/mol. The fourth-order valence-corrected chi connectivity index (χ4v) is 5.03. The Balaban J connectivity index is 1.70. The van der Waals surface area contributed by atoms with Gasteiger partial charge in [0.15, 0.2) is 0 Å². The van der Waals surface area contributed by atoms with E-state index in [4.69, 9.17) is 4.74 Å². The van der Waals surface area contributed by atoms with E-state index >= 15 is 0 Å². The molecule has 2 heterocycles. The van der Waals surface area contributed by atoms with E-state index in [2.05, 4.69) is 4.90 Å². The molecule has 0 bridgehead atoms. The molecule has 1 saturated heterocycles. The van der Waals surface area contributed by atoms with Crippen LogP contribution in [-0.4, -0.2) is 46.2 Å². The maximum Gasteiger partial charge on any atom is 0.270 e. The number of hydrogen-bond donors (Lipinski definition) is 0. The Hall–Kier alpha value is -2.65. The third-order valence-corrected chi connectivity index (χ3v) is 6.72. The molecule has 1 fully saturated rings. The van der Waals surface area contributed by atoms with Crippen molar-refractivity contribution in [1.82, 2.24) is 0 Å². The minimum atomic E-state index is -3.87. The number of morpholine rings is 1. The number of nitro benzene ring substituents is 1. The van der Waals surface area contributed by atoms with Gasteiger partial charge < -0.3 is 9.64 Å². The molecule has 8 nitrogen and oxygen atoms in total. The van der Waals surface area contributed by atoms with Crippen molar-refractivity contribution in [3.8, 4) is 0 Å². The zero-order chi connectivity index (χ0) is 19.0. The van der Waals surface area contributed by atoms with Crippen LogP contribution in [0, 0.1) is 10.1 Å². The molecule has 2 aliphatic rings. The van der Waals surface area contributed by atoms with Crippen LogP contribution in [0.4, 0.5) is 17.1 Å². The van der Waals surface area contributed by atoms with E-state index < -0.39 is 14.9 Å². The summed E-state index contributed by atoms with van der Waals surface area (Å²) in [5, 5.41) is 11.0. The highest BCUT2D eigenvalue weighted by atomic mass is 32.2. The van der Waals surface area contributed by atoms with Gasteiger partial charge in [0.05, 0.1) is 28.7 Å². The van der Waals surface area contributed by atoms with Crippen LogP contribution in [0.2, 0.25) is 0 Å². The van der Waals surface area contributed by atoms with Gasteiger partial charge in [-0.3, -0.25) is 14.4 Å². The fourth-order valence-electron chi connectivity index (χ4n) is 3.49. The molecule has 2 aliphatic heterocycles. The number of ether oxygens (including phenoxy) is 1.